The van der Waals surface area contributed by atoms with E-state index >= 15 is 0 Å². The summed E-state index contributed by atoms with van der Waals surface area (Å²) in [6.07, 6.45) is 0. The van der Waals surface area contributed by atoms with Crippen LogP contribution in [-0.2, 0) is 0 Å². The smallest absolute Gasteiger partial charge is 0.137 e. The van der Waals surface area contributed by atoms with Gasteiger partial charge in [-0.05, 0) is 77.5 Å². The molecular formula is C40H26N2O. The molecule has 0 aliphatic heterocycles. The Morgan fingerprint density at radius 1 is 0.442 bits per heavy atom. The lowest BCUT2D eigenvalue weighted by atomic mass is 10.0. The van der Waals surface area contributed by atoms with Gasteiger partial charge in [0.25, 0.3) is 0 Å². The summed E-state index contributed by atoms with van der Waals surface area (Å²) in [4.78, 5) is 2.36. The van der Waals surface area contributed by atoms with E-state index in [0.29, 0.717) is 0 Å². The Hall–Kier alpha value is -5.80. The predicted molar refractivity (Wildman–Crippen MR) is 180 cm³/mol. The van der Waals surface area contributed by atoms with Gasteiger partial charge < -0.3 is 13.9 Å². The number of furan rings is 1. The Bertz CT molecular complexity index is 2450. The molecule has 9 aromatic rings. The lowest BCUT2D eigenvalue weighted by Gasteiger charge is -2.26. The molecule has 3 nitrogen and oxygen atoms in total. The van der Waals surface area contributed by atoms with Crippen molar-refractivity contribution in [2.24, 2.45) is 0 Å². The third kappa shape index (κ3) is 3.62. The van der Waals surface area contributed by atoms with Crippen molar-refractivity contribution in [2.45, 2.75) is 0 Å². The third-order valence-corrected chi connectivity index (χ3v) is 8.55. The van der Waals surface area contributed by atoms with Gasteiger partial charge in [0, 0.05) is 33.2 Å². The van der Waals surface area contributed by atoms with Gasteiger partial charge in [0.1, 0.15) is 11.2 Å². The molecule has 0 bridgehead atoms. The molecule has 0 radical (unpaired) electrons. The van der Waals surface area contributed by atoms with Crippen LogP contribution in [-0.4, -0.2) is 4.57 Å². The monoisotopic (exact) mass is 550 g/mol. The number of fused-ring (bicyclic) bond motifs is 8. The van der Waals surface area contributed by atoms with Crippen molar-refractivity contribution in [3.05, 3.63) is 158 Å². The van der Waals surface area contributed by atoms with Crippen LogP contribution in [0.25, 0.3) is 60.2 Å². The summed E-state index contributed by atoms with van der Waals surface area (Å²) in [6, 6.07) is 56.0. The zero-order chi connectivity index (χ0) is 28.3. The molecule has 2 aromatic heterocycles. The van der Waals surface area contributed by atoms with Crippen molar-refractivity contribution in [3.8, 4) is 5.69 Å². The van der Waals surface area contributed by atoms with Gasteiger partial charge in [-0.3, -0.25) is 0 Å². The van der Waals surface area contributed by atoms with Crippen LogP contribution >= 0.6 is 0 Å². The van der Waals surface area contributed by atoms with E-state index in [1.165, 1.54) is 32.6 Å². The highest BCUT2D eigenvalue weighted by Crippen LogP contribution is 2.45. The van der Waals surface area contributed by atoms with Crippen molar-refractivity contribution in [1.29, 1.82) is 0 Å². The maximum atomic E-state index is 6.31. The Labute approximate surface area is 248 Å². The fourth-order valence-electron chi connectivity index (χ4n) is 6.72. The van der Waals surface area contributed by atoms with Crippen LogP contribution in [0.1, 0.15) is 0 Å². The average molecular weight is 551 g/mol. The summed E-state index contributed by atoms with van der Waals surface area (Å²) in [5.74, 6) is 0. The van der Waals surface area contributed by atoms with Crippen LogP contribution in [0.2, 0.25) is 0 Å². The Morgan fingerprint density at radius 3 is 2.00 bits per heavy atom. The van der Waals surface area contributed by atoms with Gasteiger partial charge in [0.05, 0.1) is 22.1 Å². The summed E-state index contributed by atoms with van der Waals surface area (Å²) >= 11 is 0. The molecule has 202 valence electrons. The van der Waals surface area contributed by atoms with Crippen LogP contribution in [0.15, 0.2) is 162 Å². The number of nitrogens with zero attached hydrogens (tertiary/aromatic N) is 2. The normalized spacial score (nSPS) is 11.7. The molecular weight excluding hydrogens is 524 g/mol. The Morgan fingerprint density at radius 2 is 1.14 bits per heavy atom. The van der Waals surface area contributed by atoms with E-state index in [0.717, 1.165) is 44.7 Å². The van der Waals surface area contributed by atoms with Gasteiger partial charge in [0.2, 0.25) is 0 Å². The number of hydrogen-bond donors (Lipinski definition) is 0. The van der Waals surface area contributed by atoms with Crippen molar-refractivity contribution in [1.82, 2.24) is 4.57 Å². The van der Waals surface area contributed by atoms with E-state index in [4.69, 9.17) is 4.42 Å². The van der Waals surface area contributed by atoms with Gasteiger partial charge in [0.15, 0.2) is 0 Å². The van der Waals surface area contributed by atoms with Gasteiger partial charge in [-0.15, -0.1) is 0 Å². The van der Waals surface area contributed by atoms with Gasteiger partial charge >= 0.3 is 0 Å². The molecule has 7 aromatic carbocycles. The third-order valence-electron chi connectivity index (χ3n) is 8.55. The second kappa shape index (κ2) is 9.37. The lowest BCUT2D eigenvalue weighted by Crippen LogP contribution is -2.10. The van der Waals surface area contributed by atoms with Crippen LogP contribution < -0.4 is 4.90 Å². The van der Waals surface area contributed by atoms with Crippen LogP contribution in [0, 0.1) is 0 Å². The first kappa shape index (κ1) is 23.9. The van der Waals surface area contributed by atoms with E-state index in [2.05, 4.69) is 155 Å². The summed E-state index contributed by atoms with van der Waals surface area (Å²) in [5.41, 5.74) is 8.59. The molecule has 3 heteroatoms. The lowest BCUT2D eigenvalue weighted by molar-refractivity contribution is 0.669. The highest BCUT2D eigenvalue weighted by Gasteiger charge is 2.21. The minimum atomic E-state index is 0.882. The molecule has 0 amide bonds. The van der Waals surface area contributed by atoms with E-state index < -0.39 is 0 Å². The maximum Gasteiger partial charge on any atom is 0.137 e. The fraction of sp³-hybridized carbons (Fsp3) is 0. The SMILES string of the molecule is c1ccc(N(c2ccc3c(c2)c2c4ccccc4ccc2n3-c2ccccc2)c2cccc3oc4ccccc4c23)cc1. The molecule has 0 saturated heterocycles. The number of benzene rings is 7. The second-order valence-electron chi connectivity index (χ2n) is 11.0. The van der Waals surface area contributed by atoms with Crippen molar-refractivity contribution in [3.63, 3.8) is 0 Å². The standard InChI is InChI=1S/C40H26N2O/c1-3-13-28(14-4-1)41(35-19-11-21-38-40(35)32-18-9-10-20-37(32)43-38)30-23-25-34-33(26-30)39-31-17-8-7-12-27(31)22-24-36(39)42(34)29-15-5-2-6-16-29/h1-26H. The number of para-hydroxylation sites is 3. The summed E-state index contributed by atoms with van der Waals surface area (Å²) < 4.78 is 8.70. The zero-order valence-corrected chi connectivity index (χ0v) is 23.3. The van der Waals surface area contributed by atoms with Crippen molar-refractivity contribution < 1.29 is 4.42 Å². The highest BCUT2D eigenvalue weighted by atomic mass is 16.3. The first-order valence-corrected chi connectivity index (χ1v) is 14.6. The summed E-state index contributed by atoms with van der Waals surface area (Å²) in [6.45, 7) is 0. The van der Waals surface area contributed by atoms with Crippen molar-refractivity contribution in [2.75, 3.05) is 4.90 Å². The Kier molecular flexibility index (Phi) is 5.20. The summed E-state index contributed by atoms with van der Waals surface area (Å²) in [5, 5.41) is 7.20. The molecule has 0 spiro atoms. The maximum absolute atomic E-state index is 6.31. The van der Waals surface area contributed by atoms with Gasteiger partial charge in [-0.1, -0.05) is 91.0 Å². The molecule has 0 atom stereocenters. The van der Waals surface area contributed by atoms with E-state index in [1.807, 2.05) is 12.1 Å². The zero-order valence-electron chi connectivity index (χ0n) is 23.3. The fourth-order valence-corrected chi connectivity index (χ4v) is 6.72. The largest absolute Gasteiger partial charge is 0.456 e. The molecule has 0 N–H and O–H groups in total. The first-order valence-electron chi connectivity index (χ1n) is 14.6. The number of anilines is 3. The molecule has 0 fully saturated rings. The van der Waals surface area contributed by atoms with E-state index in [1.54, 1.807) is 0 Å². The molecule has 2 heterocycles. The molecule has 0 unspecified atom stereocenters. The highest BCUT2D eigenvalue weighted by molar-refractivity contribution is 6.22. The molecule has 9 rings (SSSR count). The van der Waals surface area contributed by atoms with Gasteiger partial charge in [-0.2, -0.15) is 0 Å². The molecule has 43 heavy (non-hydrogen) atoms. The number of hydrogen-bond acceptors (Lipinski definition) is 2. The average Bonchev–Trinajstić information content (AvgIpc) is 3.62. The predicted octanol–water partition coefficient (Wildman–Crippen LogP) is 11.3. The topological polar surface area (TPSA) is 21.3 Å². The van der Waals surface area contributed by atoms with E-state index in [-0.39, 0.29) is 0 Å². The number of aromatic nitrogens is 1. The Balaban J connectivity index is 1.39. The molecule has 0 saturated carbocycles. The first-order chi connectivity index (χ1) is 21.3. The van der Waals surface area contributed by atoms with Crippen LogP contribution in [0.3, 0.4) is 0 Å². The van der Waals surface area contributed by atoms with Crippen LogP contribution in [0.5, 0.6) is 0 Å². The second-order valence-corrected chi connectivity index (χ2v) is 11.0. The summed E-state index contributed by atoms with van der Waals surface area (Å²) in [7, 11) is 0. The quantitative estimate of drug-likeness (QED) is 0.217. The minimum absolute atomic E-state index is 0.882. The van der Waals surface area contributed by atoms with Gasteiger partial charge in [-0.25, -0.2) is 0 Å². The molecule has 0 aliphatic rings. The minimum Gasteiger partial charge on any atom is -0.456 e. The number of rotatable bonds is 4. The van der Waals surface area contributed by atoms with E-state index in [9.17, 15) is 0 Å². The molecule has 0 aliphatic carbocycles. The van der Waals surface area contributed by atoms with Crippen LogP contribution in [0.4, 0.5) is 17.1 Å². The van der Waals surface area contributed by atoms with Crippen molar-refractivity contribution >= 4 is 71.6 Å².